The smallest absolute Gasteiger partial charge is 0.249 e. The molecule has 8 heteroatoms. The van der Waals surface area contributed by atoms with Gasteiger partial charge in [0.1, 0.15) is 5.82 Å². The van der Waals surface area contributed by atoms with E-state index in [0.29, 0.717) is 18.1 Å². The Balaban J connectivity index is 2.01. The molecule has 0 saturated carbocycles. The number of hydrogen-bond acceptors (Lipinski definition) is 6. The van der Waals surface area contributed by atoms with Crippen LogP contribution in [-0.2, 0) is 16.4 Å². The lowest BCUT2D eigenvalue weighted by Crippen LogP contribution is -2.14. The summed E-state index contributed by atoms with van der Waals surface area (Å²) in [6.07, 6.45) is 5.31. The van der Waals surface area contributed by atoms with Gasteiger partial charge in [-0.1, -0.05) is 13.0 Å². The van der Waals surface area contributed by atoms with E-state index in [1.807, 2.05) is 19.1 Å². The Bertz CT molecular complexity index is 1140. The maximum atomic E-state index is 12.1. The molecule has 3 rings (SSSR count). The molecule has 0 spiro atoms. The van der Waals surface area contributed by atoms with Crippen LogP contribution in [0.3, 0.4) is 0 Å². The molecule has 0 unspecified atom stereocenters. The predicted octanol–water partition coefficient (Wildman–Crippen LogP) is 3.58. The summed E-state index contributed by atoms with van der Waals surface area (Å²) in [5, 5.41) is 4.18. The first-order valence-electron chi connectivity index (χ1n) is 10.3. The monoisotopic (exact) mass is 429 g/mol. The summed E-state index contributed by atoms with van der Waals surface area (Å²) in [5.74, 6) is 0.528. The summed E-state index contributed by atoms with van der Waals surface area (Å²) in [5.41, 5.74) is 3.85. The van der Waals surface area contributed by atoms with Gasteiger partial charge in [0, 0.05) is 48.1 Å². The Hall–Kier alpha value is -2.45. The van der Waals surface area contributed by atoms with Gasteiger partial charge in [0.05, 0.1) is 5.69 Å². The molecule has 0 aliphatic rings. The molecule has 0 bridgehead atoms. The van der Waals surface area contributed by atoms with Crippen molar-refractivity contribution >= 4 is 26.6 Å². The van der Waals surface area contributed by atoms with Gasteiger partial charge >= 0.3 is 0 Å². The third-order valence-electron chi connectivity index (χ3n) is 4.97. The zero-order valence-corrected chi connectivity index (χ0v) is 19.3. The molecule has 0 saturated heterocycles. The Labute approximate surface area is 179 Å². The summed E-state index contributed by atoms with van der Waals surface area (Å²) in [6, 6.07) is 8.00. The average Bonchev–Trinajstić information content (AvgIpc) is 3.00. The Morgan fingerprint density at radius 1 is 1.17 bits per heavy atom. The van der Waals surface area contributed by atoms with Crippen molar-refractivity contribution < 1.29 is 8.42 Å². The molecule has 0 fully saturated rings. The van der Waals surface area contributed by atoms with E-state index >= 15 is 0 Å². The minimum atomic E-state index is -3.52. The van der Waals surface area contributed by atoms with Crippen LogP contribution >= 0.6 is 0 Å². The average molecular weight is 430 g/mol. The first-order chi connectivity index (χ1) is 14.2. The highest BCUT2D eigenvalue weighted by Crippen LogP contribution is 2.28. The van der Waals surface area contributed by atoms with Gasteiger partial charge in [-0.05, 0) is 58.1 Å². The highest BCUT2D eigenvalue weighted by atomic mass is 32.2. The number of benzene rings is 1. The number of rotatable bonds is 9. The van der Waals surface area contributed by atoms with Crippen LogP contribution in [0.5, 0.6) is 0 Å². The van der Waals surface area contributed by atoms with Gasteiger partial charge < -0.3 is 14.8 Å². The van der Waals surface area contributed by atoms with Crippen LogP contribution in [0, 0.1) is 6.92 Å². The van der Waals surface area contributed by atoms with Crippen molar-refractivity contribution in [3.8, 4) is 11.3 Å². The van der Waals surface area contributed by atoms with E-state index in [1.54, 1.807) is 0 Å². The third kappa shape index (κ3) is 5.17. The Morgan fingerprint density at radius 3 is 2.60 bits per heavy atom. The minimum absolute atomic E-state index is 0.156. The van der Waals surface area contributed by atoms with Crippen molar-refractivity contribution in [2.45, 2.75) is 38.4 Å². The van der Waals surface area contributed by atoms with E-state index in [-0.39, 0.29) is 5.16 Å². The first kappa shape index (κ1) is 22.2. The molecule has 0 amide bonds. The normalized spacial score (nSPS) is 12.1. The highest BCUT2D eigenvalue weighted by molar-refractivity contribution is 7.90. The van der Waals surface area contributed by atoms with Crippen molar-refractivity contribution in [3.05, 3.63) is 36.0 Å². The van der Waals surface area contributed by atoms with Crippen LogP contribution in [0.1, 0.15) is 25.3 Å². The van der Waals surface area contributed by atoms with Gasteiger partial charge in [-0.2, -0.15) is 0 Å². The number of aromatic nitrogens is 3. The molecule has 162 valence electrons. The fraction of sp³-hybridized carbons (Fsp3) is 0.455. The molecule has 2 heterocycles. The molecule has 0 aliphatic carbocycles. The van der Waals surface area contributed by atoms with Crippen molar-refractivity contribution in [1.29, 1.82) is 0 Å². The number of fused-ring (bicyclic) bond motifs is 1. The zero-order chi connectivity index (χ0) is 21.9. The van der Waals surface area contributed by atoms with Crippen LogP contribution in [0.4, 0.5) is 5.82 Å². The fourth-order valence-electron chi connectivity index (χ4n) is 3.46. The van der Waals surface area contributed by atoms with E-state index in [4.69, 9.17) is 0 Å². The summed E-state index contributed by atoms with van der Waals surface area (Å²) in [4.78, 5) is 10.7. The number of nitrogens with zero attached hydrogens (tertiary/aromatic N) is 4. The molecule has 1 aromatic carbocycles. The number of aryl methyl sites for hydroxylation is 2. The van der Waals surface area contributed by atoms with E-state index in [9.17, 15) is 8.42 Å². The minimum Gasteiger partial charge on any atom is -0.370 e. The van der Waals surface area contributed by atoms with Crippen molar-refractivity contribution in [2.24, 2.45) is 0 Å². The number of nitrogens with one attached hydrogen (secondary N) is 1. The second-order valence-corrected chi connectivity index (χ2v) is 9.92. The summed E-state index contributed by atoms with van der Waals surface area (Å²) < 4.78 is 26.5. The molecule has 0 atom stereocenters. The standard InChI is InChI=1S/C22H31N5O2S/c1-6-10-23-21-14-19(24-22(25-21)30(5,28)29)17-8-9-20-18(13-17)16(2)15-27(20)12-7-11-26(3)4/h8-9,13-15H,6-7,10-12H2,1-5H3,(H,23,24,25). The van der Waals surface area contributed by atoms with Crippen LogP contribution < -0.4 is 5.32 Å². The SMILES string of the molecule is CCCNc1cc(-c2ccc3c(c2)c(C)cn3CCCN(C)C)nc(S(C)(=O)=O)n1. The van der Waals surface area contributed by atoms with Crippen molar-refractivity contribution in [2.75, 3.05) is 38.8 Å². The Kier molecular flexibility index (Phi) is 6.77. The highest BCUT2D eigenvalue weighted by Gasteiger charge is 2.16. The maximum Gasteiger partial charge on any atom is 0.249 e. The first-order valence-corrected chi connectivity index (χ1v) is 12.2. The van der Waals surface area contributed by atoms with Crippen molar-refractivity contribution in [3.63, 3.8) is 0 Å². The third-order valence-corrected chi connectivity index (χ3v) is 5.82. The van der Waals surface area contributed by atoms with Gasteiger partial charge in [0.25, 0.3) is 0 Å². The van der Waals surface area contributed by atoms with Crippen LogP contribution in [0.2, 0.25) is 0 Å². The second-order valence-electron chi connectivity index (χ2n) is 8.01. The summed E-state index contributed by atoms with van der Waals surface area (Å²) in [7, 11) is 0.654. The lowest BCUT2D eigenvalue weighted by atomic mass is 10.1. The molecule has 1 N–H and O–H groups in total. The topological polar surface area (TPSA) is 80.1 Å². The van der Waals surface area contributed by atoms with Gasteiger partial charge in [-0.25, -0.2) is 18.4 Å². The molecule has 7 nitrogen and oxygen atoms in total. The number of sulfone groups is 1. The zero-order valence-electron chi connectivity index (χ0n) is 18.4. The van der Waals surface area contributed by atoms with Crippen LogP contribution in [0.25, 0.3) is 22.2 Å². The largest absolute Gasteiger partial charge is 0.370 e. The molecule has 3 aromatic rings. The molecule has 0 aliphatic heterocycles. The number of hydrogen-bond donors (Lipinski definition) is 1. The van der Waals surface area contributed by atoms with Gasteiger partial charge in [-0.3, -0.25) is 0 Å². The van der Waals surface area contributed by atoms with Crippen LogP contribution in [-0.4, -0.2) is 61.3 Å². The lowest BCUT2D eigenvalue weighted by Gasteiger charge is -2.11. The maximum absolute atomic E-state index is 12.1. The fourth-order valence-corrected chi connectivity index (χ4v) is 3.99. The Morgan fingerprint density at radius 2 is 1.93 bits per heavy atom. The molecular formula is C22H31N5O2S. The predicted molar refractivity (Wildman–Crippen MR) is 123 cm³/mol. The van der Waals surface area contributed by atoms with Gasteiger partial charge in [0.2, 0.25) is 15.0 Å². The van der Waals surface area contributed by atoms with Crippen LogP contribution in [0.15, 0.2) is 35.6 Å². The van der Waals surface area contributed by atoms with Gasteiger partial charge in [0.15, 0.2) is 0 Å². The van der Waals surface area contributed by atoms with E-state index in [0.717, 1.165) is 43.1 Å². The number of anilines is 1. The second kappa shape index (κ2) is 9.14. The molecule has 0 radical (unpaired) electrons. The lowest BCUT2D eigenvalue weighted by molar-refractivity contribution is 0.388. The summed E-state index contributed by atoms with van der Waals surface area (Å²) in [6.45, 7) is 6.86. The molecule has 30 heavy (non-hydrogen) atoms. The van der Waals surface area contributed by atoms with Crippen molar-refractivity contribution in [1.82, 2.24) is 19.4 Å². The summed E-state index contributed by atoms with van der Waals surface area (Å²) >= 11 is 0. The van der Waals surface area contributed by atoms with Gasteiger partial charge in [-0.15, -0.1) is 0 Å². The van der Waals surface area contributed by atoms with E-state index in [1.165, 1.54) is 11.1 Å². The van der Waals surface area contributed by atoms with E-state index < -0.39 is 9.84 Å². The van der Waals surface area contributed by atoms with E-state index in [2.05, 4.69) is 64.1 Å². The molecular weight excluding hydrogens is 398 g/mol. The molecule has 2 aromatic heterocycles. The quantitative estimate of drug-likeness (QED) is 0.524.